The molecule has 0 unspecified atom stereocenters. The molecule has 210 valence electrons. The molecule has 0 bridgehead atoms. The zero-order valence-electron chi connectivity index (χ0n) is 24.1. The van der Waals surface area contributed by atoms with Gasteiger partial charge in [0.15, 0.2) is 5.82 Å². The Kier molecular flexibility index (Phi) is 5.96. The molecule has 0 aliphatic rings. The van der Waals surface area contributed by atoms with Crippen molar-refractivity contribution in [3.8, 4) is 45.3 Å². The molecule has 9 rings (SSSR count). The van der Waals surface area contributed by atoms with Gasteiger partial charge in [-0.15, -0.1) is 11.3 Å². The molecular weight excluding hydrogens is 569 g/mol. The van der Waals surface area contributed by atoms with Crippen LogP contribution in [0.5, 0.6) is 0 Å². The van der Waals surface area contributed by atoms with Crippen LogP contribution in [0, 0.1) is 0 Å². The van der Waals surface area contributed by atoms with Crippen LogP contribution < -0.4 is 0 Å². The van der Waals surface area contributed by atoms with Gasteiger partial charge in [0.2, 0.25) is 0 Å². The normalized spacial score (nSPS) is 11.6. The molecule has 0 N–H and O–H groups in total. The molecule has 4 aromatic heterocycles. The molecule has 9 aromatic rings. The van der Waals surface area contributed by atoms with Crippen LogP contribution in [-0.4, -0.2) is 19.9 Å². The van der Waals surface area contributed by atoms with Crippen LogP contribution in [0.25, 0.3) is 87.3 Å². The van der Waals surface area contributed by atoms with Crippen LogP contribution in [0.3, 0.4) is 0 Å². The third-order valence-electron chi connectivity index (χ3n) is 8.28. The minimum atomic E-state index is 0.724. The summed E-state index contributed by atoms with van der Waals surface area (Å²) in [4.78, 5) is 20.5. The van der Waals surface area contributed by atoms with E-state index in [4.69, 9.17) is 19.9 Å². The largest absolute Gasteiger partial charge is 0.246 e. The maximum absolute atomic E-state index is 5.17. The lowest BCUT2D eigenvalue weighted by atomic mass is 10.0. The summed E-state index contributed by atoms with van der Waals surface area (Å²) < 4.78 is 2.29. The van der Waals surface area contributed by atoms with Gasteiger partial charge in [-0.3, -0.25) is 0 Å². The first-order chi connectivity index (χ1) is 22.3. The van der Waals surface area contributed by atoms with Crippen LogP contribution in [0.15, 0.2) is 146 Å². The molecule has 0 aliphatic carbocycles. The van der Waals surface area contributed by atoms with Gasteiger partial charge in [-0.1, -0.05) is 115 Å². The predicted molar refractivity (Wildman–Crippen MR) is 187 cm³/mol. The molecule has 5 aromatic carbocycles. The van der Waals surface area contributed by atoms with E-state index in [1.54, 1.807) is 11.3 Å². The molecular formula is C40H24N4S. The second-order valence-corrected chi connectivity index (χ2v) is 12.1. The topological polar surface area (TPSA) is 51.6 Å². The Morgan fingerprint density at radius 1 is 0.400 bits per heavy atom. The van der Waals surface area contributed by atoms with Crippen LogP contribution in [0.2, 0.25) is 0 Å². The maximum Gasteiger partial charge on any atom is 0.160 e. The van der Waals surface area contributed by atoms with Crippen molar-refractivity contribution in [2.45, 2.75) is 0 Å². The van der Waals surface area contributed by atoms with Gasteiger partial charge in [0.1, 0.15) is 0 Å². The second-order valence-electron chi connectivity index (χ2n) is 11.0. The van der Waals surface area contributed by atoms with Gasteiger partial charge in [-0.05, 0) is 35.7 Å². The van der Waals surface area contributed by atoms with E-state index >= 15 is 0 Å². The van der Waals surface area contributed by atoms with E-state index in [1.807, 2.05) is 30.3 Å². The van der Waals surface area contributed by atoms with Gasteiger partial charge >= 0.3 is 0 Å². The number of hydrogen-bond acceptors (Lipinski definition) is 5. The lowest BCUT2D eigenvalue weighted by Gasteiger charge is -2.11. The van der Waals surface area contributed by atoms with Gasteiger partial charge in [-0.2, -0.15) is 0 Å². The summed E-state index contributed by atoms with van der Waals surface area (Å²) in [5.41, 5.74) is 8.55. The zero-order chi connectivity index (χ0) is 29.7. The average Bonchev–Trinajstić information content (AvgIpc) is 3.50. The Morgan fingerprint density at radius 2 is 1.07 bits per heavy atom. The molecule has 45 heavy (non-hydrogen) atoms. The molecule has 0 saturated carbocycles. The number of aromatic nitrogens is 4. The number of pyridine rings is 2. The summed E-state index contributed by atoms with van der Waals surface area (Å²) in [6.45, 7) is 0. The molecule has 0 radical (unpaired) electrons. The predicted octanol–water partition coefficient (Wildman–Crippen LogP) is 10.6. The molecule has 4 heterocycles. The quantitative estimate of drug-likeness (QED) is 0.191. The van der Waals surface area contributed by atoms with Gasteiger partial charge in [0.05, 0.1) is 38.5 Å². The standard InChI is InChI=1S/C40H24N4S/c1-2-12-25(13-3-1)40-43-36(39-38(44-40)31-19-7-9-23-35(31)45-39)27-15-10-14-26(24-27)32-21-11-22-34(41-32)37-30-18-5-4-16-28(30)29-17-6-8-20-33(29)42-37/h1-24H. The number of nitrogens with zero attached hydrogens (tertiary/aromatic N) is 4. The number of hydrogen-bond donors (Lipinski definition) is 0. The molecule has 0 atom stereocenters. The summed E-state index contributed by atoms with van der Waals surface area (Å²) in [6, 6.07) is 50.1. The molecule has 0 aliphatic heterocycles. The molecule has 0 spiro atoms. The van der Waals surface area contributed by atoms with Crippen LogP contribution >= 0.6 is 11.3 Å². The highest BCUT2D eigenvalue weighted by atomic mass is 32.1. The fourth-order valence-electron chi connectivity index (χ4n) is 6.16. The summed E-state index contributed by atoms with van der Waals surface area (Å²) in [5, 5.41) is 4.57. The molecule has 0 saturated heterocycles. The number of para-hydroxylation sites is 1. The van der Waals surface area contributed by atoms with Gasteiger partial charge in [-0.25, -0.2) is 19.9 Å². The first-order valence-corrected chi connectivity index (χ1v) is 15.7. The summed E-state index contributed by atoms with van der Waals surface area (Å²) >= 11 is 1.74. The average molecular weight is 593 g/mol. The SMILES string of the molecule is c1ccc(-c2nc(-c3cccc(-c4cccc(-c5nc6ccccc6c6ccccc56)n4)c3)c3sc4ccccc4c3n2)cc1. The minimum absolute atomic E-state index is 0.724. The first-order valence-electron chi connectivity index (χ1n) is 14.9. The Labute approximate surface area is 263 Å². The van der Waals surface area contributed by atoms with Crippen molar-refractivity contribution in [3.63, 3.8) is 0 Å². The lowest BCUT2D eigenvalue weighted by molar-refractivity contribution is 1.24. The molecule has 4 nitrogen and oxygen atoms in total. The van der Waals surface area contributed by atoms with Crippen LogP contribution in [0.4, 0.5) is 0 Å². The molecule has 0 fully saturated rings. The smallest absolute Gasteiger partial charge is 0.160 e. The number of fused-ring (bicyclic) bond motifs is 6. The van der Waals surface area contributed by atoms with Crippen molar-refractivity contribution in [3.05, 3.63) is 146 Å². The summed E-state index contributed by atoms with van der Waals surface area (Å²) in [6.07, 6.45) is 0. The fourth-order valence-corrected chi connectivity index (χ4v) is 7.31. The zero-order valence-corrected chi connectivity index (χ0v) is 24.9. The highest BCUT2D eigenvalue weighted by molar-refractivity contribution is 7.26. The maximum atomic E-state index is 5.17. The van der Waals surface area contributed by atoms with E-state index in [0.29, 0.717) is 0 Å². The highest BCUT2D eigenvalue weighted by Crippen LogP contribution is 2.40. The molecule has 5 heteroatoms. The Morgan fingerprint density at radius 3 is 1.96 bits per heavy atom. The van der Waals surface area contributed by atoms with Gasteiger partial charge < -0.3 is 0 Å². The van der Waals surface area contributed by atoms with Crippen molar-refractivity contribution in [1.82, 2.24) is 19.9 Å². The summed E-state index contributed by atoms with van der Waals surface area (Å²) in [7, 11) is 0. The Bertz CT molecular complexity index is 2550. The van der Waals surface area contributed by atoms with Crippen molar-refractivity contribution >= 4 is 53.3 Å². The molecule has 0 amide bonds. The summed E-state index contributed by atoms with van der Waals surface area (Å²) in [5.74, 6) is 0.724. The first kappa shape index (κ1) is 25.7. The van der Waals surface area contributed by atoms with E-state index in [1.165, 1.54) is 10.1 Å². The second kappa shape index (κ2) is 10.4. The van der Waals surface area contributed by atoms with E-state index in [0.717, 1.165) is 77.2 Å². The fraction of sp³-hybridized carbons (Fsp3) is 0. The third-order valence-corrected chi connectivity index (χ3v) is 9.45. The highest BCUT2D eigenvalue weighted by Gasteiger charge is 2.17. The van der Waals surface area contributed by atoms with E-state index in [-0.39, 0.29) is 0 Å². The Balaban J connectivity index is 1.21. The van der Waals surface area contributed by atoms with Gasteiger partial charge in [0, 0.05) is 37.5 Å². The van der Waals surface area contributed by atoms with E-state index < -0.39 is 0 Å². The van der Waals surface area contributed by atoms with Crippen LogP contribution in [0.1, 0.15) is 0 Å². The van der Waals surface area contributed by atoms with Crippen LogP contribution in [-0.2, 0) is 0 Å². The van der Waals surface area contributed by atoms with Crippen molar-refractivity contribution in [2.24, 2.45) is 0 Å². The van der Waals surface area contributed by atoms with Crippen molar-refractivity contribution in [1.29, 1.82) is 0 Å². The minimum Gasteiger partial charge on any atom is -0.246 e. The Hall–Kier alpha value is -5.78. The van der Waals surface area contributed by atoms with Crippen molar-refractivity contribution in [2.75, 3.05) is 0 Å². The number of benzene rings is 5. The number of rotatable bonds is 4. The number of thiophene rings is 1. The monoisotopic (exact) mass is 592 g/mol. The van der Waals surface area contributed by atoms with E-state index in [9.17, 15) is 0 Å². The lowest BCUT2D eigenvalue weighted by Crippen LogP contribution is -1.95. The third kappa shape index (κ3) is 4.36. The van der Waals surface area contributed by atoms with Gasteiger partial charge in [0.25, 0.3) is 0 Å². The van der Waals surface area contributed by atoms with E-state index in [2.05, 4.69) is 115 Å². The van der Waals surface area contributed by atoms with Crippen molar-refractivity contribution < 1.29 is 0 Å².